The quantitative estimate of drug-likeness (QED) is 0.905. The fourth-order valence-electron chi connectivity index (χ4n) is 3.41. The van der Waals surface area contributed by atoms with Crippen LogP contribution in [0.15, 0.2) is 29.2 Å². The largest absolute Gasteiger partial charge is 0.378 e. The molecule has 3 unspecified atom stereocenters. The zero-order valence-corrected chi connectivity index (χ0v) is 13.5. The summed E-state index contributed by atoms with van der Waals surface area (Å²) in [6, 6.07) is 9.92. The third-order valence-corrected chi connectivity index (χ3v) is 6.03. The van der Waals surface area contributed by atoms with Crippen molar-refractivity contribution in [3.8, 4) is 0 Å². The van der Waals surface area contributed by atoms with E-state index in [1.165, 1.54) is 22.6 Å². The highest BCUT2D eigenvalue weighted by Crippen LogP contribution is 2.45. The Morgan fingerprint density at radius 1 is 1.35 bits per heavy atom. The van der Waals surface area contributed by atoms with Gasteiger partial charge in [0.05, 0.1) is 6.10 Å². The lowest BCUT2D eigenvalue weighted by Crippen LogP contribution is -2.61. The van der Waals surface area contributed by atoms with Crippen molar-refractivity contribution in [3.63, 3.8) is 0 Å². The Kier molecular flexibility index (Phi) is 4.11. The predicted molar refractivity (Wildman–Crippen MR) is 85.3 cm³/mol. The number of thioether (sulfide) groups is 1. The van der Waals surface area contributed by atoms with Crippen molar-refractivity contribution in [1.29, 1.82) is 0 Å². The second-order valence-corrected chi connectivity index (χ2v) is 7.58. The first-order valence-electron chi connectivity index (χ1n) is 7.72. The average Bonchev–Trinajstić information content (AvgIpc) is 2.46. The Balaban J connectivity index is 1.68. The summed E-state index contributed by atoms with van der Waals surface area (Å²) in [6.07, 6.45) is 2.79. The van der Waals surface area contributed by atoms with Crippen molar-refractivity contribution in [2.45, 2.75) is 56.7 Å². The minimum Gasteiger partial charge on any atom is -0.378 e. The molecule has 1 aromatic carbocycles. The molecule has 3 rings (SSSR count). The second kappa shape index (κ2) is 5.70. The number of hydrogen-bond acceptors (Lipinski definition) is 3. The minimum atomic E-state index is 0.246. The topological polar surface area (TPSA) is 21.3 Å². The van der Waals surface area contributed by atoms with Crippen LogP contribution < -0.4 is 5.32 Å². The molecule has 0 radical (unpaired) electrons. The molecule has 0 bridgehead atoms. The van der Waals surface area contributed by atoms with Crippen LogP contribution in [0.25, 0.3) is 0 Å². The Labute approximate surface area is 126 Å². The van der Waals surface area contributed by atoms with Gasteiger partial charge < -0.3 is 10.1 Å². The van der Waals surface area contributed by atoms with Gasteiger partial charge >= 0.3 is 0 Å². The van der Waals surface area contributed by atoms with E-state index >= 15 is 0 Å². The molecule has 3 heteroatoms. The molecule has 1 aliphatic heterocycles. The molecule has 20 heavy (non-hydrogen) atoms. The van der Waals surface area contributed by atoms with Crippen LogP contribution in [-0.2, 0) is 4.74 Å². The van der Waals surface area contributed by atoms with Crippen LogP contribution in [0.1, 0.15) is 45.2 Å². The number of benzene rings is 1. The number of ether oxygens (including phenoxy) is 1. The van der Waals surface area contributed by atoms with E-state index in [0.29, 0.717) is 18.2 Å². The number of nitrogens with one attached hydrogen (secondary N) is 1. The second-order valence-electron chi connectivity index (χ2n) is 6.45. The van der Waals surface area contributed by atoms with Gasteiger partial charge in [-0.25, -0.2) is 0 Å². The summed E-state index contributed by atoms with van der Waals surface area (Å²) in [5.41, 5.74) is 1.73. The first-order chi connectivity index (χ1) is 9.63. The van der Waals surface area contributed by atoms with Crippen molar-refractivity contribution in [3.05, 3.63) is 29.8 Å². The average molecular weight is 291 g/mol. The summed E-state index contributed by atoms with van der Waals surface area (Å²) in [6.45, 7) is 7.57. The van der Waals surface area contributed by atoms with Crippen molar-refractivity contribution < 1.29 is 4.74 Å². The van der Waals surface area contributed by atoms with Crippen LogP contribution in [0.5, 0.6) is 0 Å². The number of hydrogen-bond donors (Lipinski definition) is 1. The molecule has 110 valence electrons. The van der Waals surface area contributed by atoms with Crippen LogP contribution in [0.3, 0.4) is 0 Å². The summed E-state index contributed by atoms with van der Waals surface area (Å²) in [7, 11) is 0. The molecular weight excluding hydrogens is 266 g/mol. The molecule has 2 nitrogen and oxygen atoms in total. The van der Waals surface area contributed by atoms with Gasteiger partial charge in [-0.15, -0.1) is 11.8 Å². The lowest BCUT2D eigenvalue weighted by molar-refractivity contribution is -0.116. The third-order valence-electron chi connectivity index (χ3n) is 4.91. The summed E-state index contributed by atoms with van der Waals surface area (Å²) in [5.74, 6) is 1.22. The van der Waals surface area contributed by atoms with Crippen LogP contribution in [-0.4, -0.2) is 24.5 Å². The smallest absolute Gasteiger partial charge is 0.0655 e. The lowest BCUT2D eigenvalue weighted by atomic mass is 9.64. The minimum absolute atomic E-state index is 0.246. The van der Waals surface area contributed by atoms with Crippen molar-refractivity contribution >= 4 is 11.8 Å². The van der Waals surface area contributed by atoms with Gasteiger partial charge in [0.1, 0.15) is 0 Å². The summed E-state index contributed by atoms with van der Waals surface area (Å²) in [5, 5.41) is 3.90. The highest BCUT2D eigenvalue weighted by Gasteiger charge is 2.49. The van der Waals surface area contributed by atoms with E-state index in [1.807, 2.05) is 11.8 Å². The van der Waals surface area contributed by atoms with E-state index in [1.54, 1.807) is 0 Å². The van der Waals surface area contributed by atoms with Crippen LogP contribution >= 0.6 is 11.8 Å². The Morgan fingerprint density at radius 3 is 2.90 bits per heavy atom. The Morgan fingerprint density at radius 2 is 2.15 bits per heavy atom. The van der Waals surface area contributed by atoms with Gasteiger partial charge in [-0.3, -0.25) is 0 Å². The maximum Gasteiger partial charge on any atom is 0.0655 e. The number of fused-ring (bicyclic) bond motifs is 1. The summed E-state index contributed by atoms with van der Waals surface area (Å²) >= 11 is 1.99. The van der Waals surface area contributed by atoms with Crippen LogP contribution in [0, 0.1) is 5.41 Å². The SMILES string of the molecule is CCOC1CC(NC2CCSc3ccccc32)C1(C)C. The van der Waals surface area contributed by atoms with Gasteiger partial charge in [0.2, 0.25) is 0 Å². The van der Waals surface area contributed by atoms with E-state index in [2.05, 4.69) is 50.4 Å². The molecule has 2 aliphatic rings. The van der Waals surface area contributed by atoms with Crippen molar-refractivity contribution in [2.75, 3.05) is 12.4 Å². The molecule has 1 N–H and O–H groups in total. The van der Waals surface area contributed by atoms with E-state index in [-0.39, 0.29) is 5.41 Å². The molecule has 1 aromatic rings. The zero-order valence-electron chi connectivity index (χ0n) is 12.7. The molecule has 1 fully saturated rings. The van der Waals surface area contributed by atoms with Crippen LogP contribution in [0.4, 0.5) is 0 Å². The molecular formula is C17H25NOS. The lowest BCUT2D eigenvalue weighted by Gasteiger charge is -2.53. The molecule has 1 aliphatic carbocycles. The highest BCUT2D eigenvalue weighted by atomic mass is 32.2. The van der Waals surface area contributed by atoms with Crippen molar-refractivity contribution in [2.24, 2.45) is 5.41 Å². The maximum absolute atomic E-state index is 5.84. The van der Waals surface area contributed by atoms with Gasteiger partial charge in [-0.1, -0.05) is 32.0 Å². The number of rotatable bonds is 4. The molecule has 1 saturated carbocycles. The molecule has 0 aromatic heterocycles. The van der Waals surface area contributed by atoms with Crippen LogP contribution in [0.2, 0.25) is 0 Å². The molecule has 3 atom stereocenters. The summed E-state index contributed by atoms with van der Waals surface area (Å²) < 4.78 is 5.84. The first kappa shape index (κ1) is 14.4. The van der Waals surface area contributed by atoms with Gasteiger partial charge in [-0.2, -0.15) is 0 Å². The van der Waals surface area contributed by atoms with Gasteiger partial charge in [-0.05, 0) is 37.1 Å². The maximum atomic E-state index is 5.84. The molecule has 1 heterocycles. The standard InChI is InChI=1S/C17H25NOS/c1-4-19-16-11-15(17(16,2)3)18-13-9-10-20-14-8-6-5-7-12(13)14/h5-8,13,15-16,18H,4,9-11H2,1-3H3. The van der Waals surface area contributed by atoms with Gasteiger partial charge in [0, 0.05) is 29.0 Å². The van der Waals surface area contributed by atoms with E-state index < -0.39 is 0 Å². The first-order valence-corrected chi connectivity index (χ1v) is 8.71. The molecule has 0 spiro atoms. The fraction of sp³-hybridized carbons (Fsp3) is 0.647. The molecule has 0 saturated heterocycles. The molecule has 0 amide bonds. The Hall–Kier alpha value is -0.510. The van der Waals surface area contributed by atoms with E-state index in [0.717, 1.165) is 13.0 Å². The normalized spacial score (nSPS) is 31.4. The van der Waals surface area contributed by atoms with E-state index in [4.69, 9.17) is 4.74 Å². The third kappa shape index (κ3) is 2.51. The zero-order chi connectivity index (χ0) is 14.2. The van der Waals surface area contributed by atoms with Crippen molar-refractivity contribution in [1.82, 2.24) is 5.32 Å². The highest BCUT2D eigenvalue weighted by molar-refractivity contribution is 7.99. The Bertz CT molecular complexity index is 474. The van der Waals surface area contributed by atoms with Gasteiger partial charge in [0.15, 0.2) is 0 Å². The fourth-order valence-corrected chi connectivity index (χ4v) is 4.54. The van der Waals surface area contributed by atoms with E-state index in [9.17, 15) is 0 Å². The van der Waals surface area contributed by atoms with Gasteiger partial charge in [0.25, 0.3) is 0 Å². The monoisotopic (exact) mass is 291 g/mol. The predicted octanol–water partition coefficient (Wildman–Crippen LogP) is 4.02. The summed E-state index contributed by atoms with van der Waals surface area (Å²) in [4.78, 5) is 1.45.